The maximum absolute atomic E-state index is 12.4. The van der Waals surface area contributed by atoms with Crippen molar-refractivity contribution in [3.8, 4) is 0 Å². The van der Waals surface area contributed by atoms with E-state index >= 15 is 0 Å². The van der Waals surface area contributed by atoms with Gasteiger partial charge >= 0.3 is 0 Å². The highest BCUT2D eigenvalue weighted by Gasteiger charge is 2.50. The van der Waals surface area contributed by atoms with Gasteiger partial charge in [-0.2, -0.15) is 0 Å². The molecule has 1 heterocycles. The summed E-state index contributed by atoms with van der Waals surface area (Å²) in [6, 6.07) is 8.11. The summed E-state index contributed by atoms with van der Waals surface area (Å²) in [4.78, 5) is 12.4. The molecule has 0 bridgehead atoms. The first-order valence-corrected chi connectivity index (χ1v) is 6.09. The van der Waals surface area contributed by atoms with Crippen LogP contribution in [-0.2, 0) is 7.05 Å². The quantitative estimate of drug-likeness (QED) is 0.721. The van der Waals surface area contributed by atoms with Crippen LogP contribution in [0.15, 0.2) is 30.5 Å². The second kappa shape index (κ2) is 3.22. The molecule has 1 fully saturated rings. The summed E-state index contributed by atoms with van der Waals surface area (Å²) in [5, 5.41) is 1.09. The SMILES string of the molecule is Cn1cc(C(=O)C2CC2(C)C)c2ccccc21. The predicted octanol–water partition coefficient (Wildman–Crippen LogP) is 3.41. The first kappa shape index (κ1) is 10.6. The van der Waals surface area contributed by atoms with Crippen LogP contribution in [0.2, 0.25) is 0 Å². The predicted molar refractivity (Wildman–Crippen MR) is 69.1 cm³/mol. The fourth-order valence-corrected chi connectivity index (χ4v) is 2.64. The van der Waals surface area contributed by atoms with Crippen molar-refractivity contribution in [1.29, 1.82) is 0 Å². The highest BCUT2D eigenvalue weighted by molar-refractivity contribution is 6.10. The molecule has 2 nitrogen and oxygen atoms in total. The molecule has 1 aromatic carbocycles. The molecular weight excluding hydrogens is 210 g/mol. The normalized spacial score (nSPS) is 21.7. The third-order valence-corrected chi connectivity index (χ3v) is 3.99. The Labute approximate surface area is 101 Å². The molecule has 1 aliphatic rings. The van der Waals surface area contributed by atoms with E-state index < -0.39 is 0 Å². The number of Topliss-reactive ketones (excluding diaryl/α,β-unsaturated/α-hetero) is 1. The summed E-state index contributed by atoms with van der Waals surface area (Å²) in [5.41, 5.74) is 2.22. The van der Waals surface area contributed by atoms with E-state index in [0.717, 1.165) is 22.9 Å². The van der Waals surface area contributed by atoms with Gasteiger partial charge in [-0.25, -0.2) is 0 Å². The molecule has 1 aromatic heterocycles. The minimum absolute atomic E-state index is 0.202. The van der Waals surface area contributed by atoms with E-state index in [-0.39, 0.29) is 11.3 Å². The maximum Gasteiger partial charge on any atom is 0.168 e. The van der Waals surface area contributed by atoms with Crippen LogP contribution >= 0.6 is 0 Å². The Bertz CT molecular complexity index is 606. The van der Waals surface area contributed by atoms with Crippen LogP contribution in [0, 0.1) is 11.3 Å². The summed E-state index contributed by atoms with van der Waals surface area (Å²) in [6.45, 7) is 4.33. The van der Waals surface area contributed by atoms with E-state index in [1.54, 1.807) is 0 Å². The van der Waals surface area contributed by atoms with Crippen LogP contribution in [-0.4, -0.2) is 10.4 Å². The summed E-state index contributed by atoms with van der Waals surface area (Å²) in [5.74, 6) is 0.528. The molecule has 0 spiro atoms. The fourth-order valence-electron chi connectivity index (χ4n) is 2.64. The number of nitrogens with zero attached hydrogens (tertiary/aromatic N) is 1. The Hall–Kier alpha value is -1.57. The third kappa shape index (κ3) is 1.51. The Morgan fingerprint density at radius 3 is 2.65 bits per heavy atom. The smallest absolute Gasteiger partial charge is 0.168 e. The van der Waals surface area contributed by atoms with Crippen LogP contribution in [0.1, 0.15) is 30.6 Å². The number of fused-ring (bicyclic) bond motifs is 1. The molecule has 1 aliphatic carbocycles. The standard InChI is InChI=1S/C15H17NO/c1-15(2)8-12(15)14(17)11-9-16(3)13-7-5-4-6-10(11)13/h4-7,9,12H,8H2,1-3H3. The van der Waals surface area contributed by atoms with E-state index in [4.69, 9.17) is 0 Å². The molecule has 3 rings (SSSR count). The highest BCUT2D eigenvalue weighted by Crippen LogP contribution is 2.53. The van der Waals surface area contributed by atoms with Crippen LogP contribution in [0.5, 0.6) is 0 Å². The number of para-hydroxylation sites is 1. The lowest BCUT2D eigenvalue weighted by molar-refractivity contribution is 0.0954. The summed E-state index contributed by atoms with van der Waals surface area (Å²) in [6.07, 6.45) is 3.00. The molecule has 2 heteroatoms. The molecular formula is C15H17NO. The Morgan fingerprint density at radius 2 is 2.00 bits per heavy atom. The summed E-state index contributed by atoms with van der Waals surface area (Å²) < 4.78 is 2.04. The zero-order valence-corrected chi connectivity index (χ0v) is 10.5. The van der Waals surface area contributed by atoms with Gasteiger partial charge in [-0.3, -0.25) is 4.79 Å². The number of aryl methyl sites for hydroxylation is 1. The van der Waals surface area contributed by atoms with Gasteiger partial charge in [0.1, 0.15) is 0 Å². The first-order chi connectivity index (χ1) is 8.00. The molecule has 0 N–H and O–H groups in total. The molecule has 0 saturated heterocycles. The van der Waals surface area contributed by atoms with Gasteiger partial charge in [0, 0.05) is 35.6 Å². The monoisotopic (exact) mass is 227 g/mol. The molecule has 0 aliphatic heterocycles. The van der Waals surface area contributed by atoms with Gasteiger partial charge in [0.2, 0.25) is 0 Å². The zero-order chi connectivity index (χ0) is 12.2. The van der Waals surface area contributed by atoms with E-state index in [1.807, 2.05) is 36.0 Å². The maximum atomic E-state index is 12.4. The van der Waals surface area contributed by atoms with Gasteiger partial charge in [-0.15, -0.1) is 0 Å². The van der Waals surface area contributed by atoms with Gasteiger partial charge < -0.3 is 4.57 Å². The van der Waals surface area contributed by atoms with Crippen LogP contribution < -0.4 is 0 Å². The topological polar surface area (TPSA) is 22.0 Å². The number of carbonyl (C=O) groups excluding carboxylic acids is 1. The average Bonchev–Trinajstić information content (AvgIpc) is 2.80. The average molecular weight is 227 g/mol. The third-order valence-electron chi connectivity index (χ3n) is 3.99. The van der Waals surface area contributed by atoms with E-state index in [9.17, 15) is 4.79 Å². The molecule has 88 valence electrons. The Kier molecular flexibility index (Phi) is 2.00. The lowest BCUT2D eigenvalue weighted by Gasteiger charge is -2.01. The minimum atomic E-state index is 0.202. The number of aromatic nitrogens is 1. The van der Waals surface area contributed by atoms with Crippen molar-refractivity contribution in [2.24, 2.45) is 18.4 Å². The van der Waals surface area contributed by atoms with Crippen molar-refractivity contribution in [2.75, 3.05) is 0 Å². The van der Waals surface area contributed by atoms with Crippen molar-refractivity contribution in [3.05, 3.63) is 36.0 Å². The second-order valence-corrected chi connectivity index (χ2v) is 5.78. The minimum Gasteiger partial charge on any atom is -0.350 e. The van der Waals surface area contributed by atoms with E-state index in [0.29, 0.717) is 5.78 Å². The van der Waals surface area contributed by atoms with Crippen molar-refractivity contribution < 1.29 is 4.79 Å². The zero-order valence-electron chi connectivity index (χ0n) is 10.5. The van der Waals surface area contributed by atoms with Crippen molar-refractivity contribution >= 4 is 16.7 Å². The molecule has 0 radical (unpaired) electrons. The fraction of sp³-hybridized carbons (Fsp3) is 0.400. The number of carbonyl (C=O) groups is 1. The lowest BCUT2D eigenvalue weighted by atomic mass is 10.0. The number of ketones is 1. The van der Waals surface area contributed by atoms with Crippen molar-refractivity contribution in [2.45, 2.75) is 20.3 Å². The Balaban J connectivity index is 2.10. The first-order valence-electron chi connectivity index (χ1n) is 6.09. The molecule has 2 aromatic rings. The van der Waals surface area contributed by atoms with E-state index in [2.05, 4.69) is 19.9 Å². The van der Waals surface area contributed by atoms with Crippen LogP contribution in [0.4, 0.5) is 0 Å². The highest BCUT2D eigenvalue weighted by atomic mass is 16.1. The number of hydrogen-bond donors (Lipinski definition) is 0. The van der Waals surface area contributed by atoms with Crippen LogP contribution in [0.3, 0.4) is 0 Å². The van der Waals surface area contributed by atoms with Crippen LogP contribution in [0.25, 0.3) is 10.9 Å². The van der Waals surface area contributed by atoms with Gasteiger partial charge in [-0.05, 0) is 17.9 Å². The molecule has 17 heavy (non-hydrogen) atoms. The largest absolute Gasteiger partial charge is 0.350 e. The lowest BCUT2D eigenvalue weighted by Crippen LogP contribution is -2.05. The van der Waals surface area contributed by atoms with Gasteiger partial charge in [-0.1, -0.05) is 32.0 Å². The molecule has 1 saturated carbocycles. The molecule has 1 unspecified atom stereocenters. The van der Waals surface area contributed by atoms with Gasteiger partial charge in [0.15, 0.2) is 5.78 Å². The number of benzene rings is 1. The Morgan fingerprint density at radius 1 is 1.35 bits per heavy atom. The summed E-state index contributed by atoms with van der Waals surface area (Å²) in [7, 11) is 2.00. The second-order valence-electron chi connectivity index (χ2n) is 5.78. The molecule has 1 atom stereocenters. The number of hydrogen-bond acceptors (Lipinski definition) is 1. The van der Waals surface area contributed by atoms with Gasteiger partial charge in [0.05, 0.1) is 0 Å². The number of rotatable bonds is 2. The van der Waals surface area contributed by atoms with Crippen molar-refractivity contribution in [1.82, 2.24) is 4.57 Å². The van der Waals surface area contributed by atoms with E-state index in [1.165, 1.54) is 0 Å². The summed E-state index contributed by atoms with van der Waals surface area (Å²) >= 11 is 0. The molecule has 0 amide bonds. The van der Waals surface area contributed by atoms with Gasteiger partial charge in [0.25, 0.3) is 0 Å². The van der Waals surface area contributed by atoms with Crippen molar-refractivity contribution in [3.63, 3.8) is 0 Å².